The molecular weight excluding hydrogens is 413 g/mol. The summed E-state index contributed by atoms with van der Waals surface area (Å²) >= 11 is 0. The molecular formula is C18H38IN5. The standard InChI is InChI=1S/C18H37N5.HI/c1-3-22-14-8-10-17(22)15-21-18(19)20-11-5-7-13-23-12-6-4-9-16(23)2;/h16-17H,3-15H2,1-2H3,(H3,19,20,21);1H. The molecule has 0 radical (unpaired) electrons. The highest BCUT2D eigenvalue weighted by Gasteiger charge is 2.22. The molecule has 2 unspecified atom stereocenters. The minimum atomic E-state index is 0. The van der Waals surface area contributed by atoms with Gasteiger partial charge in [0, 0.05) is 18.6 Å². The van der Waals surface area contributed by atoms with Crippen molar-refractivity contribution in [1.82, 2.24) is 15.1 Å². The number of likely N-dealkylation sites (N-methyl/N-ethyl adjacent to an activating group) is 1. The average molecular weight is 451 g/mol. The van der Waals surface area contributed by atoms with Gasteiger partial charge in [-0.25, -0.2) is 0 Å². The lowest BCUT2D eigenvalue weighted by Gasteiger charge is -2.33. The van der Waals surface area contributed by atoms with Gasteiger partial charge in [0.1, 0.15) is 0 Å². The summed E-state index contributed by atoms with van der Waals surface area (Å²) in [5.41, 5.74) is 6.00. The lowest BCUT2D eigenvalue weighted by molar-refractivity contribution is 0.158. The maximum atomic E-state index is 6.00. The number of hydrogen-bond acceptors (Lipinski definition) is 3. The summed E-state index contributed by atoms with van der Waals surface area (Å²) in [4.78, 5) is 9.68. The van der Waals surface area contributed by atoms with E-state index in [9.17, 15) is 0 Å². The van der Waals surface area contributed by atoms with Crippen LogP contribution in [0.3, 0.4) is 0 Å². The smallest absolute Gasteiger partial charge is 0.188 e. The molecule has 2 fully saturated rings. The Kier molecular flexibility index (Phi) is 11.3. The SMILES string of the molecule is CCN1CCCC1CN=C(N)NCCCCN1CCCCC1C.I. The molecule has 0 aromatic rings. The van der Waals surface area contributed by atoms with Gasteiger partial charge in [-0.2, -0.15) is 0 Å². The first-order valence-electron chi connectivity index (χ1n) is 9.72. The Morgan fingerprint density at radius 3 is 2.67 bits per heavy atom. The zero-order valence-electron chi connectivity index (χ0n) is 15.7. The van der Waals surface area contributed by atoms with Crippen molar-refractivity contribution in [1.29, 1.82) is 0 Å². The first kappa shape index (κ1) is 22.0. The van der Waals surface area contributed by atoms with E-state index in [0.29, 0.717) is 12.0 Å². The number of hydrogen-bond donors (Lipinski definition) is 2. The third kappa shape index (κ3) is 7.44. The van der Waals surface area contributed by atoms with E-state index in [-0.39, 0.29) is 24.0 Å². The summed E-state index contributed by atoms with van der Waals surface area (Å²) in [5, 5.41) is 3.28. The van der Waals surface area contributed by atoms with E-state index in [1.54, 1.807) is 0 Å². The van der Waals surface area contributed by atoms with Gasteiger partial charge in [0.05, 0.1) is 6.54 Å². The maximum Gasteiger partial charge on any atom is 0.188 e. The number of piperidine rings is 1. The quantitative estimate of drug-likeness (QED) is 0.258. The van der Waals surface area contributed by atoms with Crippen LogP contribution < -0.4 is 11.1 Å². The average Bonchev–Trinajstić information content (AvgIpc) is 3.02. The topological polar surface area (TPSA) is 56.9 Å². The van der Waals surface area contributed by atoms with Gasteiger partial charge in [0.2, 0.25) is 0 Å². The molecule has 0 amide bonds. The third-order valence-corrected chi connectivity index (χ3v) is 5.50. The summed E-state index contributed by atoms with van der Waals surface area (Å²) in [6.07, 6.45) is 9.13. The van der Waals surface area contributed by atoms with E-state index in [1.165, 1.54) is 64.6 Å². The molecule has 24 heavy (non-hydrogen) atoms. The highest BCUT2D eigenvalue weighted by molar-refractivity contribution is 14.0. The van der Waals surface area contributed by atoms with E-state index >= 15 is 0 Å². The van der Waals surface area contributed by atoms with Crippen LogP contribution >= 0.6 is 24.0 Å². The fourth-order valence-corrected chi connectivity index (χ4v) is 3.92. The Hall–Kier alpha value is -0.0800. The summed E-state index contributed by atoms with van der Waals surface area (Å²) in [5.74, 6) is 0.624. The molecule has 5 nitrogen and oxygen atoms in total. The van der Waals surface area contributed by atoms with E-state index in [0.717, 1.165) is 25.7 Å². The van der Waals surface area contributed by atoms with Crippen LogP contribution in [0.2, 0.25) is 0 Å². The lowest BCUT2D eigenvalue weighted by Crippen LogP contribution is -2.38. The Balaban J connectivity index is 0.00000288. The predicted molar refractivity (Wildman–Crippen MR) is 114 cm³/mol. The monoisotopic (exact) mass is 451 g/mol. The number of nitrogens with zero attached hydrogens (tertiary/aromatic N) is 3. The normalized spacial score (nSPS) is 26.3. The van der Waals surface area contributed by atoms with Gasteiger partial charge >= 0.3 is 0 Å². The second-order valence-corrected chi connectivity index (χ2v) is 7.17. The van der Waals surface area contributed by atoms with Crippen LogP contribution in [0.25, 0.3) is 0 Å². The number of halogens is 1. The molecule has 3 N–H and O–H groups in total. The van der Waals surface area contributed by atoms with Crippen molar-refractivity contribution in [2.75, 3.05) is 39.3 Å². The Morgan fingerprint density at radius 2 is 1.92 bits per heavy atom. The molecule has 2 saturated heterocycles. The van der Waals surface area contributed by atoms with Gasteiger partial charge in [0.25, 0.3) is 0 Å². The number of rotatable bonds is 8. The predicted octanol–water partition coefficient (Wildman–Crippen LogP) is 2.65. The molecule has 2 rings (SSSR count). The highest BCUT2D eigenvalue weighted by Crippen LogP contribution is 2.17. The molecule has 2 aliphatic heterocycles. The zero-order valence-corrected chi connectivity index (χ0v) is 18.0. The number of nitrogens with two attached hydrogens (primary N) is 1. The van der Waals surface area contributed by atoms with Gasteiger partial charge in [-0.15, -0.1) is 24.0 Å². The first-order valence-corrected chi connectivity index (χ1v) is 9.72. The molecule has 2 aliphatic rings. The maximum absolute atomic E-state index is 6.00. The number of likely N-dealkylation sites (tertiary alicyclic amines) is 2. The van der Waals surface area contributed by atoms with E-state index < -0.39 is 0 Å². The molecule has 0 aliphatic carbocycles. The summed E-state index contributed by atoms with van der Waals surface area (Å²) in [6, 6.07) is 1.37. The van der Waals surface area contributed by atoms with Crippen LogP contribution in [0.15, 0.2) is 4.99 Å². The van der Waals surface area contributed by atoms with Gasteiger partial charge < -0.3 is 16.0 Å². The molecule has 142 valence electrons. The van der Waals surface area contributed by atoms with Crippen LogP contribution in [0, 0.1) is 0 Å². The Labute approximate surface area is 165 Å². The van der Waals surface area contributed by atoms with Gasteiger partial charge in [-0.3, -0.25) is 9.89 Å². The van der Waals surface area contributed by atoms with Gasteiger partial charge in [-0.1, -0.05) is 13.3 Å². The van der Waals surface area contributed by atoms with Crippen molar-refractivity contribution in [2.45, 2.75) is 70.9 Å². The molecule has 0 aromatic carbocycles. The minimum absolute atomic E-state index is 0. The van der Waals surface area contributed by atoms with Crippen LogP contribution in [-0.4, -0.2) is 67.1 Å². The number of aliphatic imine (C=N–C) groups is 1. The van der Waals surface area contributed by atoms with E-state index in [4.69, 9.17) is 5.73 Å². The molecule has 0 aromatic heterocycles. The van der Waals surface area contributed by atoms with Gasteiger partial charge in [-0.05, 0) is 71.6 Å². The van der Waals surface area contributed by atoms with Crippen molar-refractivity contribution in [3.63, 3.8) is 0 Å². The second kappa shape index (κ2) is 12.3. The fourth-order valence-electron chi connectivity index (χ4n) is 3.92. The summed E-state index contributed by atoms with van der Waals surface area (Å²) in [7, 11) is 0. The molecule has 0 saturated carbocycles. The summed E-state index contributed by atoms with van der Waals surface area (Å²) < 4.78 is 0. The van der Waals surface area contributed by atoms with Crippen molar-refractivity contribution >= 4 is 29.9 Å². The van der Waals surface area contributed by atoms with Crippen LogP contribution in [0.5, 0.6) is 0 Å². The highest BCUT2D eigenvalue weighted by atomic mass is 127. The lowest BCUT2D eigenvalue weighted by atomic mass is 10.0. The molecule has 0 bridgehead atoms. The van der Waals surface area contributed by atoms with Gasteiger partial charge in [0.15, 0.2) is 5.96 Å². The van der Waals surface area contributed by atoms with Crippen LogP contribution in [0.1, 0.15) is 58.8 Å². The minimum Gasteiger partial charge on any atom is -0.370 e. The fraction of sp³-hybridized carbons (Fsp3) is 0.944. The molecule has 0 spiro atoms. The van der Waals surface area contributed by atoms with Crippen molar-refractivity contribution in [3.8, 4) is 0 Å². The van der Waals surface area contributed by atoms with Crippen LogP contribution in [0.4, 0.5) is 0 Å². The second-order valence-electron chi connectivity index (χ2n) is 7.17. The number of nitrogens with one attached hydrogen (secondary N) is 1. The third-order valence-electron chi connectivity index (χ3n) is 5.50. The van der Waals surface area contributed by atoms with Crippen molar-refractivity contribution in [3.05, 3.63) is 0 Å². The zero-order chi connectivity index (χ0) is 16.5. The Bertz CT molecular complexity index is 363. The van der Waals surface area contributed by atoms with Crippen LogP contribution in [-0.2, 0) is 0 Å². The molecule has 6 heteroatoms. The molecule has 2 heterocycles. The van der Waals surface area contributed by atoms with E-state index in [1.807, 2.05) is 0 Å². The van der Waals surface area contributed by atoms with Crippen molar-refractivity contribution < 1.29 is 0 Å². The van der Waals surface area contributed by atoms with E-state index in [2.05, 4.69) is 34.0 Å². The number of unbranched alkanes of at least 4 members (excludes halogenated alkanes) is 1. The summed E-state index contributed by atoms with van der Waals surface area (Å²) in [6.45, 7) is 11.2. The Morgan fingerprint density at radius 1 is 1.12 bits per heavy atom. The number of guanidine groups is 1. The molecule has 2 atom stereocenters. The first-order chi connectivity index (χ1) is 11.2. The van der Waals surface area contributed by atoms with Crippen molar-refractivity contribution in [2.24, 2.45) is 10.7 Å². The largest absolute Gasteiger partial charge is 0.370 e.